The lowest BCUT2D eigenvalue weighted by Crippen LogP contribution is -2.17. The van der Waals surface area contributed by atoms with E-state index in [0.29, 0.717) is 6.54 Å². The first-order valence-corrected chi connectivity index (χ1v) is 5.60. The third kappa shape index (κ3) is 4.38. The van der Waals surface area contributed by atoms with Gasteiger partial charge in [-0.2, -0.15) is 16.6 Å². The van der Waals surface area contributed by atoms with Gasteiger partial charge >= 0.3 is 0 Å². The van der Waals surface area contributed by atoms with E-state index in [2.05, 4.69) is 27.3 Å². The highest BCUT2D eigenvalue weighted by molar-refractivity contribution is 7.99. The van der Waals surface area contributed by atoms with E-state index in [1.165, 1.54) is 4.80 Å². The Bertz CT molecular complexity index is 272. The topological polar surface area (TPSA) is 55.6 Å². The maximum atomic E-state index is 4.05. The van der Waals surface area contributed by atoms with Crippen molar-refractivity contribution in [2.75, 3.05) is 18.1 Å². The highest BCUT2D eigenvalue weighted by Crippen LogP contribution is 1.97. The Hall–Kier alpha value is -0.880. The molecule has 0 atom stereocenters. The van der Waals surface area contributed by atoms with Crippen LogP contribution in [0.2, 0.25) is 0 Å². The van der Waals surface area contributed by atoms with Crippen molar-refractivity contribution in [1.29, 1.82) is 0 Å². The van der Waals surface area contributed by atoms with Crippen LogP contribution in [0.25, 0.3) is 0 Å². The molecule has 1 heterocycles. The third-order valence-electron chi connectivity index (χ3n) is 1.49. The lowest BCUT2D eigenvalue weighted by molar-refractivity contribution is 0.623. The molecule has 0 bridgehead atoms. The van der Waals surface area contributed by atoms with E-state index < -0.39 is 0 Å². The number of tetrazole rings is 1. The smallest absolute Gasteiger partial charge is 0.188 e. The van der Waals surface area contributed by atoms with Gasteiger partial charge in [0.15, 0.2) is 5.82 Å². The number of rotatable bonds is 7. The molecule has 0 radical (unpaired) electrons. The fourth-order valence-electron chi connectivity index (χ4n) is 0.905. The fraction of sp³-hybridized carbons (Fsp3) is 0.625. The van der Waals surface area contributed by atoms with E-state index in [-0.39, 0.29) is 0 Å². The Morgan fingerprint density at radius 1 is 1.64 bits per heavy atom. The van der Waals surface area contributed by atoms with Gasteiger partial charge in [-0.05, 0) is 5.21 Å². The Labute approximate surface area is 88.0 Å². The van der Waals surface area contributed by atoms with Crippen molar-refractivity contribution in [2.24, 2.45) is 7.05 Å². The van der Waals surface area contributed by atoms with E-state index in [4.69, 9.17) is 0 Å². The van der Waals surface area contributed by atoms with Crippen LogP contribution in [-0.4, -0.2) is 38.3 Å². The highest BCUT2D eigenvalue weighted by Gasteiger charge is 1.97. The number of aromatic nitrogens is 4. The molecule has 1 rings (SSSR count). The molecular formula is C8H15N5S. The lowest BCUT2D eigenvalue weighted by atomic mass is 10.6. The second kappa shape index (κ2) is 6.56. The Morgan fingerprint density at radius 2 is 2.50 bits per heavy atom. The number of nitrogens with one attached hydrogen (secondary N) is 1. The Morgan fingerprint density at radius 3 is 3.14 bits per heavy atom. The zero-order chi connectivity index (χ0) is 10.2. The van der Waals surface area contributed by atoms with Crippen LogP contribution in [0.3, 0.4) is 0 Å². The van der Waals surface area contributed by atoms with Crippen LogP contribution in [0.5, 0.6) is 0 Å². The molecule has 14 heavy (non-hydrogen) atoms. The molecule has 78 valence electrons. The number of hydrogen-bond donors (Lipinski definition) is 1. The van der Waals surface area contributed by atoms with Crippen molar-refractivity contribution < 1.29 is 0 Å². The van der Waals surface area contributed by atoms with Crippen molar-refractivity contribution in [3.05, 3.63) is 18.5 Å². The first kappa shape index (κ1) is 11.2. The fourth-order valence-corrected chi connectivity index (χ4v) is 1.53. The molecule has 0 fully saturated rings. The summed E-state index contributed by atoms with van der Waals surface area (Å²) in [6.45, 7) is 5.29. The van der Waals surface area contributed by atoms with Crippen LogP contribution < -0.4 is 5.32 Å². The molecule has 6 heteroatoms. The van der Waals surface area contributed by atoms with Gasteiger partial charge in [0, 0.05) is 18.1 Å². The Kier molecular flexibility index (Phi) is 5.24. The summed E-state index contributed by atoms with van der Waals surface area (Å²) in [7, 11) is 1.76. The molecule has 0 amide bonds. The minimum atomic E-state index is 0.683. The second-order valence-electron chi connectivity index (χ2n) is 2.74. The van der Waals surface area contributed by atoms with Crippen LogP contribution >= 0.6 is 11.8 Å². The van der Waals surface area contributed by atoms with Gasteiger partial charge in [0.05, 0.1) is 13.6 Å². The van der Waals surface area contributed by atoms with Gasteiger partial charge in [0.1, 0.15) is 0 Å². The molecule has 0 saturated carbocycles. The van der Waals surface area contributed by atoms with Gasteiger partial charge in [-0.15, -0.1) is 16.8 Å². The largest absolute Gasteiger partial charge is 0.309 e. The van der Waals surface area contributed by atoms with E-state index in [1.54, 1.807) is 7.05 Å². The normalized spacial score (nSPS) is 10.4. The van der Waals surface area contributed by atoms with Crippen molar-refractivity contribution in [1.82, 2.24) is 25.5 Å². The summed E-state index contributed by atoms with van der Waals surface area (Å²) in [5, 5.41) is 14.9. The zero-order valence-corrected chi connectivity index (χ0v) is 9.13. The molecular weight excluding hydrogens is 198 g/mol. The minimum Gasteiger partial charge on any atom is -0.309 e. The number of nitrogens with zero attached hydrogens (tertiary/aromatic N) is 4. The van der Waals surface area contributed by atoms with Gasteiger partial charge in [-0.25, -0.2) is 0 Å². The van der Waals surface area contributed by atoms with Crippen LogP contribution in [0.1, 0.15) is 5.82 Å². The average molecular weight is 213 g/mol. The van der Waals surface area contributed by atoms with Crippen LogP contribution in [-0.2, 0) is 13.6 Å². The van der Waals surface area contributed by atoms with Crippen LogP contribution in [0, 0.1) is 0 Å². The summed E-state index contributed by atoms with van der Waals surface area (Å²) >= 11 is 1.85. The molecule has 1 aromatic heterocycles. The standard InChI is InChI=1S/C8H15N5S/c1-3-5-14-6-4-9-7-8-10-12-13(2)11-8/h3,9H,1,4-7H2,2H3. The van der Waals surface area contributed by atoms with Crippen molar-refractivity contribution in [3.8, 4) is 0 Å². The minimum absolute atomic E-state index is 0.683. The number of aryl methyl sites for hydroxylation is 1. The van der Waals surface area contributed by atoms with E-state index in [1.807, 2.05) is 17.8 Å². The molecule has 0 spiro atoms. The molecule has 0 aliphatic rings. The molecule has 0 unspecified atom stereocenters. The molecule has 0 aliphatic carbocycles. The quantitative estimate of drug-likeness (QED) is 0.518. The maximum absolute atomic E-state index is 4.05. The number of thioether (sulfide) groups is 1. The van der Waals surface area contributed by atoms with Crippen molar-refractivity contribution in [2.45, 2.75) is 6.54 Å². The lowest BCUT2D eigenvalue weighted by Gasteiger charge is -1.99. The summed E-state index contributed by atoms with van der Waals surface area (Å²) < 4.78 is 0. The first-order valence-electron chi connectivity index (χ1n) is 4.45. The summed E-state index contributed by atoms with van der Waals surface area (Å²) in [5.74, 6) is 2.82. The molecule has 1 aromatic rings. The molecule has 0 aromatic carbocycles. The average Bonchev–Trinajstić information content (AvgIpc) is 2.58. The Balaban J connectivity index is 2.01. The maximum Gasteiger partial charge on any atom is 0.188 e. The molecule has 5 nitrogen and oxygen atoms in total. The van der Waals surface area contributed by atoms with Crippen LogP contribution in [0.15, 0.2) is 12.7 Å². The zero-order valence-electron chi connectivity index (χ0n) is 8.31. The van der Waals surface area contributed by atoms with E-state index >= 15 is 0 Å². The monoisotopic (exact) mass is 213 g/mol. The predicted molar refractivity (Wildman–Crippen MR) is 58.0 cm³/mol. The second-order valence-corrected chi connectivity index (χ2v) is 3.89. The van der Waals surface area contributed by atoms with Gasteiger partial charge in [-0.1, -0.05) is 6.08 Å². The van der Waals surface area contributed by atoms with Gasteiger partial charge in [0.2, 0.25) is 0 Å². The summed E-state index contributed by atoms with van der Waals surface area (Å²) in [6.07, 6.45) is 1.91. The van der Waals surface area contributed by atoms with E-state index in [9.17, 15) is 0 Å². The van der Waals surface area contributed by atoms with Gasteiger partial charge in [-0.3, -0.25) is 0 Å². The molecule has 1 N–H and O–H groups in total. The molecule has 0 aliphatic heterocycles. The van der Waals surface area contributed by atoms with Crippen LogP contribution in [0.4, 0.5) is 0 Å². The SMILES string of the molecule is C=CCSCCNCc1nnn(C)n1. The predicted octanol–water partition coefficient (Wildman–Crippen LogP) is 0.219. The van der Waals surface area contributed by atoms with Crippen molar-refractivity contribution >= 4 is 11.8 Å². The highest BCUT2D eigenvalue weighted by atomic mass is 32.2. The first-order chi connectivity index (χ1) is 6.83. The van der Waals surface area contributed by atoms with Gasteiger partial charge in [0.25, 0.3) is 0 Å². The van der Waals surface area contributed by atoms with E-state index in [0.717, 1.165) is 23.9 Å². The third-order valence-corrected chi connectivity index (χ3v) is 2.46. The molecule has 0 saturated heterocycles. The summed E-state index contributed by atoms with van der Waals surface area (Å²) in [6, 6.07) is 0. The summed E-state index contributed by atoms with van der Waals surface area (Å²) in [5.41, 5.74) is 0. The number of hydrogen-bond acceptors (Lipinski definition) is 5. The van der Waals surface area contributed by atoms with Gasteiger partial charge < -0.3 is 5.32 Å². The van der Waals surface area contributed by atoms with Crippen molar-refractivity contribution in [3.63, 3.8) is 0 Å². The summed E-state index contributed by atoms with van der Waals surface area (Å²) in [4.78, 5) is 1.46.